The molecule has 0 aliphatic rings. The quantitative estimate of drug-likeness (QED) is 0.361. The van der Waals surface area contributed by atoms with Gasteiger partial charge in [-0.3, -0.25) is 9.59 Å². The van der Waals surface area contributed by atoms with E-state index in [1.165, 1.54) is 16.4 Å². The third-order valence-electron chi connectivity index (χ3n) is 5.91. The fraction of sp³-hybridized carbons (Fsp3) is 0.105. The fourth-order valence-electron chi connectivity index (χ4n) is 3.64. The molecule has 7 nitrogen and oxygen atoms in total. The van der Waals surface area contributed by atoms with Crippen LogP contribution in [0.4, 0.5) is 0 Å². The molecule has 0 fully saturated rings. The van der Waals surface area contributed by atoms with Crippen molar-refractivity contribution in [1.29, 1.82) is 0 Å². The molecule has 31 heavy (non-hydrogen) atoms. The predicted octanol–water partition coefficient (Wildman–Crippen LogP) is -5.85. The van der Waals surface area contributed by atoms with Gasteiger partial charge < -0.3 is 20.3 Å². The zero-order valence-electron chi connectivity index (χ0n) is 18.5. The Balaban J connectivity index is 2.04. The van der Waals surface area contributed by atoms with Crippen LogP contribution in [0, 0.1) is 6.92 Å². The van der Waals surface area contributed by atoms with Gasteiger partial charge in [-0.15, -0.1) is 5.46 Å². The number of nitrogens with one attached hydrogen (secondary N) is 1. The van der Waals surface area contributed by atoms with Gasteiger partial charge in [-0.2, -0.15) is 0 Å². The van der Waals surface area contributed by atoms with Gasteiger partial charge in [-0.1, -0.05) is 21.9 Å². The second kappa shape index (κ2) is 8.45. The zero-order valence-corrected chi connectivity index (χ0v) is 18.5. The standard InChI is InChI=1S/C19H21B5N2O5/c1-6-9-4-7(31-18-14(23)12(21)11(20)13(22)15(18)24)2-3-8(9)17(29)16(26-6)19(30)25-5-10(27)28/h2-4,29H,5,20-24H2,1H3,(H,25,30)(H,27,28). The van der Waals surface area contributed by atoms with Crippen LogP contribution in [0.3, 0.4) is 0 Å². The molecule has 0 spiro atoms. The van der Waals surface area contributed by atoms with Crippen LogP contribution in [-0.4, -0.2) is 72.8 Å². The lowest BCUT2D eigenvalue weighted by Gasteiger charge is -2.20. The highest BCUT2D eigenvalue weighted by molar-refractivity contribution is 6.67. The summed E-state index contributed by atoms with van der Waals surface area (Å²) in [7, 11) is 10.3. The van der Waals surface area contributed by atoms with Crippen molar-refractivity contribution >= 4 is 89.2 Å². The summed E-state index contributed by atoms with van der Waals surface area (Å²) in [5.74, 6) is -0.834. The van der Waals surface area contributed by atoms with Crippen LogP contribution >= 0.6 is 0 Å². The maximum Gasteiger partial charge on any atom is 0.322 e. The summed E-state index contributed by atoms with van der Waals surface area (Å²) in [6, 6.07) is 5.17. The van der Waals surface area contributed by atoms with Crippen LogP contribution in [0.2, 0.25) is 0 Å². The Morgan fingerprint density at radius 3 is 2.16 bits per heavy atom. The number of carboxylic acids is 1. The van der Waals surface area contributed by atoms with Crippen LogP contribution in [0.15, 0.2) is 18.2 Å². The van der Waals surface area contributed by atoms with Gasteiger partial charge in [0.25, 0.3) is 5.91 Å². The highest BCUT2D eigenvalue weighted by Gasteiger charge is 2.19. The van der Waals surface area contributed by atoms with Gasteiger partial charge >= 0.3 is 5.97 Å². The summed E-state index contributed by atoms with van der Waals surface area (Å²) in [6.07, 6.45) is 0. The van der Waals surface area contributed by atoms with Crippen molar-refractivity contribution in [1.82, 2.24) is 10.3 Å². The molecule has 0 aliphatic heterocycles. The highest BCUT2D eigenvalue weighted by Crippen LogP contribution is 2.33. The topological polar surface area (TPSA) is 109 Å². The fourth-order valence-corrected chi connectivity index (χ4v) is 3.64. The van der Waals surface area contributed by atoms with Crippen molar-refractivity contribution < 1.29 is 24.5 Å². The number of rotatable bonds is 5. The number of carboxylic acid groups (broad SMARTS) is 1. The zero-order chi connectivity index (χ0) is 23.0. The Hall–Kier alpha value is -3.29. The van der Waals surface area contributed by atoms with Crippen LogP contribution in [0.5, 0.6) is 17.2 Å². The average molecular weight is 411 g/mol. The number of ether oxygens (including phenoxy) is 1. The van der Waals surface area contributed by atoms with E-state index >= 15 is 0 Å². The molecule has 0 saturated heterocycles. The van der Waals surface area contributed by atoms with Crippen LogP contribution in [0.1, 0.15) is 16.2 Å². The summed E-state index contributed by atoms with van der Waals surface area (Å²) in [5, 5.41) is 22.6. The summed E-state index contributed by atoms with van der Waals surface area (Å²) in [5.41, 5.74) is 6.07. The van der Waals surface area contributed by atoms with Crippen molar-refractivity contribution in [3.05, 3.63) is 29.6 Å². The van der Waals surface area contributed by atoms with Crippen molar-refractivity contribution in [3.63, 3.8) is 0 Å². The van der Waals surface area contributed by atoms with Gasteiger partial charge in [0.1, 0.15) is 57.3 Å². The van der Waals surface area contributed by atoms with Gasteiger partial charge in [0, 0.05) is 16.5 Å². The van der Waals surface area contributed by atoms with E-state index in [9.17, 15) is 14.7 Å². The van der Waals surface area contributed by atoms with Crippen molar-refractivity contribution in [2.75, 3.05) is 6.54 Å². The van der Waals surface area contributed by atoms with Gasteiger partial charge in [0.2, 0.25) is 0 Å². The highest BCUT2D eigenvalue weighted by atomic mass is 16.5. The second-order valence-corrected chi connectivity index (χ2v) is 7.73. The molecular formula is C19H21B5N2O5. The molecule has 0 aliphatic carbocycles. The third kappa shape index (κ3) is 4.15. The summed E-state index contributed by atoms with van der Waals surface area (Å²) in [6.45, 7) is 1.16. The Bertz CT molecular complexity index is 1220. The molecule has 1 heterocycles. The lowest BCUT2D eigenvalue weighted by atomic mass is 9.62. The second-order valence-electron chi connectivity index (χ2n) is 7.73. The number of aromatic hydroxyl groups is 1. The number of nitrogens with zero attached hydrogens (tertiary/aromatic N) is 1. The monoisotopic (exact) mass is 412 g/mol. The number of aromatic nitrogens is 1. The summed E-state index contributed by atoms with van der Waals surface area (Å²) in [4.78, 5) is 27.1. The lowest BCUT2D eigenvalue weighted by molar-refractivity contribution is -0.135. The van der Waals surface area contributed by atoms with Crippen molar-refractivity contribution in [2.45, 2.75) is 6.92 Å². The van der Waals surface area contributed by atoms with Gasteiger partial charge in [0.05, 0.1) is 0 Å². The molecule has 0 bridgehead atoms. The number of aryl methyl sites for hydroxylation is 1. The number of pyridine rings is 1. The molecule has 3 aromatic rings. The number of benzene rings is 2. The van der Waals surface area contributed by atoms with E-state index in [0.29, 0.717) is 22.2 Å². The molecule has 0 radical (unpaired) electrons. The number of carbonyl (C=O) groups is 2. The SMILES string of the molecule is Bc1c(B)c(B)c(Oc2ccc3c(O)c(C(=O)NCC(=O)O)nc(C)c3c2)c(B)c1B. The maximum absolute atomic E-state index is 12.2. The number of carbonyl (C=O) groups excluding carboxylic acids is 1. The molecule has 2 aromatic carbocycles. The maximum atomic E-state index is 12.2. The molecule has 3 N–H and O–H groups in total. The van der Waals surface area contributed by atoms with E-state index in [1.54, 1.807) is 25.1 Å². The molecule has 152 valence electrons. The molecule has 0 atom stereocenters. The number of amides is 1. The van der Waals surface area contributed by atoms with Crippen LogP contribution < -0.4 is 37.4 Å². The van der Waals surface area contributed by atoms with E-state index in [-0.39, 0.29) is 11.4 Å². The number of hydrogen-bond donors (Lipinski definition) is 3. The predicted molar refractivity (Wildman–Crippen MR) is 136 cm³/mol. The van der Waals surface area contributed by atoms with Crippen LogP contribution in [0.25, 0.3) is 10.8 Å². The van der Waals surface area contributed by atoms with E-state index in [1.807, 2.05) is 15.7 Å². The average Bonchev–Trinajstić information content (AvgIpc) is 2.74. The molecular weight excluding hydrogens is 390 g/mol. The van der Waals surface area contributed by atoms with Gasteiger partial charge in [-0.05, 0) is 25.1 Å². The first-order chi connectivity index (χ1) is 14.5. The largest absolute Gasteiger partial charge is 0.505 e. The van der Waals surface area contributed by atoms with Gasteiger partial charge in [0.15, 0.2) is 11.4 Å². The third-order valence-corrected chi connectivity index (χ3v) is 5.91. The van der Waals surface area contributed by atoms with E-state index < -0.39 is 18.4 Å². The molecule has 12 heteroatoms. The Kier molecular flexibility index (Phi) is 6.11. The first-order valence-electron chi connectivity index (χ1n) is 9.91. The van der Waals surface area contributed by atoms with Crippen molar-refractivity contribution in [3.8, 4) is 17.2 Å². The summed E-state index contributed by atoms with van der Waals surface area (Å²) < 4.78 is 6.25. The molecule has 0 unspecified atom stereocenters. The Morgan fingerprint density at radius 2 is 1.58 bits per heavy atom. The normalized spacial score (nSPS) is 10.7. The van der Waals surface area contributed by atoms with Crippen molar-refractivity contribution in [2.24, 2.45) is 0 Å². The first kappa shape index (κ1) is 22.4. The van der Waals surface area contributed by atoms with Gasteiger partial charge in [-0.25, -0.2) is 4.98 Å². The van der Waals surface area contributed by atoms with E-state index in [0.717, 1.165) is 16.7 Å². The number of fused-ring (bicyclic) bond motifs is 1. The minimum Gasteiger partial charge on any atom is -0.505 e. The minimum atomic E-state index is -1.18. The molecule has 0 saturated carbocycles. The summed E-state index contributed by atoms with van der Waals surface area (Å²) >= 11 is 0. The van der Waals surface area contributed by atoms with E-state index in [4.69, 9.17) is 9.84 Å². The van der Waals surface area contributed by atoms with Crippen LogP contribution in [-0.2, 0) is 4.79 Å². The first-order valence-corrected chi connectivity index (χ1v) is 9.91. The lowest BCUT2D eigenvalue weighted by Crippen LogP contribution is -2.54. The molecule has 1 aromatic heterocycles. The molecule has 3 rings (SSSR count). The Morgan fingerprint density at radius 1 is 1.00 bits per heavy atom. The smallest absolute Gasteiger partial charge is 0.322 e. The number of hydrogen-bond acceptors (Lipinski definition) is 5. The number of aliphatic carboxylic acids is 1. The minimum absolute atomic E-state index is 0.212. The Labute approximate surface area is 184 Å². The van der Waals surface area contributed by atoms with E-state index in [2.05, 4.69) is 33.8 Å². The molecule has 1 amide bonds.